The number of carbonyl (C=O) groups excluding carboxylic acids is 1. The zero-order valence-electron chi connectivity index (χ0n) is 14.1. The van der Waals surface area contributed by atoms with Crippen LogP contribution in [0.4, 0.5) is 0 Å². The SMILES string of the molecule is CCCCC/C=C\CC=CCCCCCCCC(=O)OC. The predicted molar refractivity (Wildman–Crippen MR) is 91.4 cm³/mol. The van der Waals surface area contributed by atoms with E-state index in [0.717, 1.165) is 19.3 Å². The van der Waals surface area contributed by atoms with Crippen LogP contribution in [0.3, 0.4) is 0 Å². The van der Waals surface area contributed by atoms with E-state index in [2.05, 4.69) is 36.0 Å². The van der Waals surface area contributed by atoms with Crippen molar-refractivity contribution in [3.63, 3.8) is 0 Å². The van der Waals surface area contributed by atoms with E-state index in [9.17, 15) is 4.79 Å². The zero-order chi connectivity index (χ0) is 15.6. The molecular formula is C19H34O2. The van der Waals surface area contributed by atoms with Crippen LogP contribution in [0.2, 0.25) is 0 Å². The summed E-state index contributed by atoms with van der Waals surface area (Å²) >= 11 is 0. The van der Waals surface area contributed by atoms with Gasteiger partial charge in [-0.1, -0.05) is 63.3 Å². The predicted octanol–water partition coefficient (Wildman–Crippen LogP) is 5.97. The Morgan fingerprint density at radius 3 is 2.00 bits per heavy atom. The second kappa shape index (κ2) is 17.0. The summed E-state index contributed by atoms with van der Waals surface area (Å²) in [5.74, 6) is -0.0827. The van der Waals surface area contributed by atoms with Gasteiger partial charge in [0.1, 0.15) is 0 Å². The van der Waals surface area contributed by atoms with Crippen molar-refractivity contribution in [2.75, 3.05) is 7.11 Å². The van der Waals surface area contributed by atoms with Crippen LogP contribution in [0.5, 0.6) is 0 Å². The van der Waals surface area contributed by atoms with Gasteiger partial charge in [-0.05, 0) is 38.5 Å². The molecule has 0 aromatic rings. The van der Waals surface area contributed by atoms with Crippen molar-refractivity contribution < 1.29 is 9.53 Å². The fourth-order valence-electron chi connectivity index (χ4n) is 2.18. The largest absolute Gasteiger partial charge is 0.469 e. The Kier molecular flexibility index (Phi) is 16.2. The Morgan fingerprint density at radius 1 is 0.810 bits per heavy atom. The molecule has 0 rings (SSSR count). The molecule has 0 aliphatic carbocycles. The van der Waals surface area contributed by atoms with E-state index in [1.165, 1.54) is 58.5 Å². The highest BCUT2D eigenvalue weighted by Gasteiger charge is 1.98. The summed E-state index contributed by atoms with van der Waals surface area (Å²) in [5, 5.41) is 0. The van der Waals surface area contributed by atoms with Gasteiger partial charge in [0.15, 0.2) is 0 Å². The Labute approximate surface area is 131 Å². The molecule has 0 aromatic carbocycles. The lowest BCUT2D eigenvalue weighted by Gasteiger charge is -1.99. The molecule has 2 nitrogen and oxygen atoms in total. The number of unbranched alkanes of at least 4 members (excludes halogenated alkanes) is 8. The second-order valence-electron chi connectivity index (χ2n) is 5.56. The van der Waals surface area contributed by atoms with Crippen LogP contribution in [0.25, 0.3) is 0 Å². The maximum absolute atomic E-state index is 10.9. The number of hydrogen-bond acceptors (Lipinski definition) is 2. The Bertz CT molecular complexity index is 279. The Morgan fingerprint density at radius 2 is 1.38 bits per heavy atom. The number of esters is 1. The molecule has 21 heavy (non-hydrogen) atoms. The van der Waals surface area contributed by atoms with Gasteiger partial charge < -0.3 is 4.74 Å². The first-order valence-corrected chi connectivity index (χ1v) is 8.68. The van der Waals surface area contributed by atoms with Crippen LogP contribution < -0.4 is 0 Å². The van der Waals surface area contributed by atoms with Crippen molar-refractivity contribution >= 4 is 5.97 Å². The highest BCUT2D eigenvalue weighted by molar-refractivity contribution is 5.68. The average molecular weight is 294 g/mol. The third kappa shape index (κ3) is 16.9. The summed E-state index contributed by atoms with van der Waals surface area (Å²) in [6.45, 7) is 2.24. The van der Waals surface area contributed by atoms with Gasteiger partial charge in [0, 0.05) is 6.42 Å². The van der Waals surface area contributed by atoms with Gasteiger partial charge in [0.2, 0.25) is 0 Å². The number of ether oxygens (including phenoxy) is 1. The molecule has 0 aromatic heterocycles. The average Bonchev–Trinajstić information content (AvgIpc) is 2.50. The van der Waals surface area contributed by atoms with Crippen molar-refractivity contribution in [3.05, 3.63) is 24.3 Å². The molecule has 0 radical (unpaired) electrons. The van der Waals surface area contributed by atoms with Gasteiger partial charge in [-0.2, -0.15) is 0 Å². The van der Waals surface area contributed by atoms with Crippen molar-refractivity contribution in [3.8, 4) is 0 Å². The molecule has 0 aliphatic heterocycles. The minimum Gasteiger partial charge on any atom is -0.469 e. The third-order valence-corrected chi connectivity index (χ3v) is 3.56. The molecule has 0 heterocycles. The molecule has 0 amide bonds. The molecule has 0 fully saturated rings. The van der Waals surface area contributed by atoms with Gasteiger partial charge in [-0.3, -0.25) is 4.79 Å². The summed E-state index contributed by atoms with van der Waals surface area (Å²) in [6, 6.07) is 0. The summed E-state index contributed by atoms with van der Waals surface area (Å²) in [7, 11) is 1.45. The van der Waals surface area contributed by atoms with Gasteiger partial charge in [0.05, 0.1) is 7.11 Å². The Balaban J connectivity index is 3.20. The van der Waals surface area contributed by atoms with E-state index in [-0.39, 0.29) is 5.97 Å². The van der Waals surface area contributed by atoms with E-state index in [1.54, 1.807) is 0 Å². The van der Waals surface area contributed by atoms with Gasteiger partial charge in [0.25, 0.3) is 0 Å². The molecule has 0 spiro atoms. The molecule has 0 saturated heterocycles. The molecular weight excluding hydrogens is 260 g/mol. The number of hydrogen-bond donors (Lipinski definition) is 0. The van der Waals surface area contributed by atoms with Crippen molar-refractivity contribution in [2.24, 2.45) is 0 Å². The van der Waals surface area contributed by atoms with Crippen molar-refractivity contribution in [1.29, 1.82) is 0 Å². The fourth-order valence-corrected chi connectivity index (χ4v) is 2.18. The monoisotopic (exact) mass is 294 g/mol. The van der Waals surface area contributed by atoms with E-state index >= 15 is 0 Å². The molecule has 0 unspecified atom stereocenters. The highest BCUT2D eigenvalue weighted by Crippen LogP contribution is 2.08. The minimum absolute atomic E-state index is 0.0827. The molecule has 122 valence electrons. The normalized spacial score (nSPS) is 11.5. The summed E-state index contributed by atoms with van der Waals surface area (Å²) in [4.78, 5) is 10.9. The van der Waals surface area contributed by atoms with Crippen LogP contribution in [-0.2, 0) is 9.53 Å². The first kappa shape index (κ1) is 19.9. The van der Waals surface area contributed by atoms with E-state index < -0.39 is 0 Å². The standard InChI is InChI=1S/C19H34O2/c1-3-4-5-6-7-8-9-10-11-12-13-14-15-16-17-18-19(20)21-2/h7-8,10-11H,3-6,9,12-18H2,1-2H3/b8-7-,11-10?. The van der Waals surface area contributed by atoms with Gasteiger partial charge in [-0.25, -0.2) is 0 Å². The number of carbonyl (C=O) groups is 1. The quantitative estimate of drug-likeness (QED) is 0.224. The topological polar surface area (TPSA) is 26.3 Å². The van der Waals surface area contributed by atoms with Crippen LogP contribution in [0.15, 0.2) is 24.3 Å². The van der Waals surface area contributed by atoms with Crippen LogP contribution >= 0.6 is 0 Å². The third-order valence-electron chi connectivity index (χ3n) is 3.56. The smallest absolute Gasteiger partial charge is 0.305 e. The summed E-state index contributed by atoms with van der Waals surface area (Å²) in [5.41, 5.74) is 0. The molecule has 2 heteroatoms. The molecule has 0 bridgehead atoms. The van der Waals surface area contributed by atoms with Crippen LogP contribution in [0.1, 0.15) is 84.0 Å². The van der Waals surface area contributed by atoms with Gasteiger partial charge in [-0.15, -0.1) is 0 Å². The first-order chi connectivity index (χ1) is 10.3. The lowest BCUT2D eigenvalue weighted by molar-refractivity contribution is -0.140. The number of methoxy groups -OCH3 is 1. The lowest BCUT2D eigenvalue weighted by atomic mass is 10.1. The summed E-state index contributed by atoms with van der Waals surface area (Å²) in [6.07, 6.45) is 23.0. The molecule has 0 N–H and O–H groups in total. The maximum Gasteiger partial charge on any atom is 0.305 e. The van der Waals surface area contributed by atoms with E-state index in [4.69, 9.17) is 0 Å². The Hall–Kier alpha value is -1.05. The van der Waals surface area contributed by atoms with E-state index in [1.807, 2.05) is 0 Å². The maximum atomic E-state index is 10.9. The molecule has 0 atom stereocenters. The molecule has 0 aliphatic rings. The van der Waals surface area contributed by atoms with Crippen LogP contribution in [0, 0.1) is 0 Å². The second-order valence-corrected chi connectivity index (χ2v) is 5.56. The fraction of sp³-hybridized carbons (Fsp3) is 0.737. The highest BCUT2D eigenvalue weighted by atomic mass is 16.5. The van der Waals surface area contributed by atoms with Crippen molar-refractivity contribution in [2.45, 2.75) is 84.0 Å². The molecule has 0 saturated carbocycles. The minimum atomic E-state index is -0.0827. The lowest BCUT2D eigenvalue weighted by Crippen LogP contribution is -1.98. The first-order valence-electron chi connectivity index (χ1n) is 8.68. The number of allylic oxidation sites excluding steroid dienone is 4. The number of rotatable bonds is 14. The van der Waals surface area contributed by atoms with Crippen LogP contribution in [-0.4, -0.2) is 13.1 Å². The van der Waals surface area contributed by atoms with E-state index in [0.29, 0.717) is 6.42 Å². The summed E-state index contributed by atoms with van der Waals surface area (Å²) < 4.78 is 4.62. The van der Waals surface area contributed by atoms with Gasteiger partial charge >= 0.3 is 5.97 Å². The zero-order valence-corrected chi connectivity index (χ0v) is 14.1. The van der Waals surface area contributed by atoms with Crippen molar-refractivity contribution in [1.82, 2.24) is 0 Å².